The Hall–Kier alpha value is -3.48. The molecule has 2 aromatic rings. The van der Waals surface area contributed by atoms with E-state index in [1.54, 1.807) is 0 Å². The summed E-state index contributed by atoms with van der Waals surface area (Å²) >= 11 is 0. The number of hydrogen-bond donors (Lipinski definition) is 2. The second kappa shape index (κ2) is 7.60. The third-order valence-electron chi connectivity index (χ3n) is 4.19. The van der Waals surface area contributed by atoms with E-state index in [0.717, 1.165) is 12.0 Å². The first kappa shape index (κ1) is 17.3. The van der Waals surface area contributed by atoms with E-state index in [-0.39, 0.29) is 23.4 Å². The lowest BCUT2D eigenvalue weighted by Gasteiger charge is -2.05. The van der Waals surface area contributed by atoms with E-state index in [1.807, 2.05) is 30.3 Å². The van der Waals surface area contributed by atoms with Crippen LogP contribution in [0.4, 0.5) is 5.69 Å². The molecule has 1 saturated carbocycles. The minimum Gasteiger partial charge on any atom is -0.273 e. The first-order valence-electron chi connectivity index (χ1n) is 8.12. The molecule has 0 spiro atoms. The summed E-state index contributed by atoms with van der Waals surface area (Å²) in [5.74, 6) is -0.621. The van der Waals surface area contributed by atoms with Gasteiger partial charge in [0.25, 0.3) is 11.6 Å². The molecule has 2 amide bonds. The van der Waals surface area contributed by atoms with Gasteiger partial charge in [0, 0.05) is 24.1 Å². The van der Waals surface area contributed by atoms with Crippen molar-refractivity contribution in [3.05, 3.63) is 81.9 Å². The fourth-order valence-electron chi connectivity index (χ4n) is 2.69. The zero-order valence-electron chi connectivity index (χ0n) is 13.8. The van der Waals surface area contributed by atoms with Gasteiger partial charge >= 0.3 is 0 Å². The highest BCUT2D eigenvalue weighted by Gasteiger charge is 2.43. The number of carbonyl (C=O) groups excluding carboxylic acids is 2. The zero-order valence-corrected chi connectivity index (χ0v) is 13.8. The van der Waals surface area contributed by atoms with Crippen molar-refractivity contribution in [3.63, 3.8) is 0 Å². The molecule has 0 bridgehead atoms. The SMILES string of the molecule is O=C(/C=C/c1ccc([N+](=O)[O-])cc1)NNC(=O)[C@H]1C[C@H]1c1ccccc1. The average molecular weight is 351 g/mol. The minimum absolute atomic E-state index is 0.0173. The fraction of sp³-hybridized carbons (Fsp3) is 0.158. The predicted octanol–water partition coefficient (Wildman–Crippen LogP) is 2.56. The summed E-state index contributed by atoms with van der Waals surface area (Å²) in [6, 6.07) is 15.6. The Labute approximate surface area is 149 Å². The highest BCUT2D eigenvalue weighted by Crippen LogP contribution is 2.47. The molecule has 0 aromatic heterocycles. The summed E-state index contributed by atoms with van der Waals surface area (Å²) in [5, 5.41) is 10.6. The fourth-order valence-corrected chi connectivity index (χ4v) is 2.69. The Bertz CT molecular complexity index is 847. The van der Waals surface area contributed by atoms with Crippen molar-refractivity contribution in [2.45, 2.75) is 12.3 Å². The van der Waals surface area contributed by atoms with Crippen LogP contribution in [0.5, 0.6) is 0 Å². The molecular formula is C19H17N3O4. The molecule has 3 rings (SSSR count). The maximum atomic E-state index is 12.1. The lowest BCUT2D eigenvalue weighted by molar-refractivity contribution is -0.384. The van der Waals surface area contributed by atoms with Crippen LogP contribution in [-0.2, 0) is 9.59 Å². The van der Waals surface area contributed by atoms with Crippen molar-refractivity contribution in [3.8, 4) is 0 Å². The quantitative estimate of drug-likeness (QED) is 0.491. The maximum Gasteiger partial charge on any atom is 0.269 e. The standard InChI is InChI=1S/C19H17N3O4/c23-18(11-8-13-6-9-15(10-7-13)22(25)26)20-21-19(24)17-12-16(17)14-4-2-1-3-5-14/h1-11,16-17H,12H2,(H,20,23)(H,21,24)/b11-8+/t16-,17-/m0/s1. The molecule has 7 nitrogen and oxygen atoms in total. The largest absolute Gasteiger partial charge is 0.273 e. The second-order valence-corrected chi connectivity index (χ2v) is 6.02. The third-order valence-corrected chi connectivity index (χ3v) is 4.19. The first-order chi connectivity index (χ1) is 12.5. The number of rotatable bonds is 5. The monoisotopic (exact) mass is 351 g/mol. The Balaban J connectivity index is 1.45. The van der Waals surface area contributed by atoms with E-state index >= 15 is 0 Å². The molecule has 0 unspecified atom stereocenters. The molecule has 2 N–H and O–H groups in total. The molecule has 1 fully saturated rings. The van der Waals surface area contributed by atoms with Gasteiger partial charge in [-0.2, -0.15) is 0 Å². The van der Waals surface area contributed by atoms with Crippen LogP contribution in [0.25, 0.3) is 6.08 Å². The van der Waals surface area contributed by atoms with E-state index in [1.165, 1.54) is 36.4 Å². The summed E-state index contributed by atoms with van der Waals surface area (Å²) in [5.41, 5.74) is 6.51. The molecule has 0 radical (unpaired) electrons. The minimum atomic E-state index is -0.490. The van der Waals surface area contributed by atoms with Gasteiger partial charge in [0.2, 0.25) is 5.91 Å². The molecule has 26 heavy (non-hydrogen) atoms. The number of nitrogens with zero attached hydrogens (tertiary/aromatic N) is 1. The summed E-state index contributed by atoms with van der Waals surface area (Å²) in [7, 11) is 0. The molecule has 2 atom stereocenters. The van der Waals surface area contributed by atoms with Crippen LogP contribution in [0.1, 0.15) is 23.5 Å². The second-order valence-electron chi connectivity index (χ2n) is 6.02. The van der Waals surface area contributed by atoms with Gasteiger partial charge in [0.1, 0.15) is 0 Å². The molecule has 0 heterocycles. The Morgan fingerprint density at radius 1 is 1.04 bits per heavy atom. The van der Waals surface area contributed by atoms with Crippen molar-refractivity contribution in [2.75, 3.05) is 0 Å². The van der Waals surface area contributed by atoms with E-state index in [9.17, 15) is 19.7 Å². The van der Waals surface area contributed by atoms with Crippen LogP contribution < -0.4 is 10.9 Å². The summed E-state index contributed by atoms with van der Waals surface area (Å²) in [6.45, 7) is 0. The number of carbonyl (C=O) groups is 2. The molecule has 0 aliphatic heterocycles. The molecular weight excluding hydrogens is 334 g/mol. The third kappa shape index (κ3) is 4.32. The van der Waals surface area contributed by atoms with Crippen molar-refractivity contribution in [1.29, 1.82) is 0 Å². The summed E-state index contributed by atoms with van der Waals surface area (Å²) in [4.78, 5) is 33.9. The summed E-state index contributed by atoms with van der Waals surface area (Å²) < 4.78 is 0. The van der Waals surface area contributed by atoms with E-state index < -0.39 is 10.8 Å². The van der Waals surface area contributed by atoms with Gasteiger partial charge in [-0.3, -0.25) is 30.6 Å². The Kier molecular flexibility index (Phi) is 5.07. The maximum absolute atomic E-state index is 12.1. The van der Waals surface area contributed by atoms with Crippen LogP contribution in [0.3, 0.4) is 0 Å². The molecule has 2 aromatic carbocycles. The Morgan fingerprint density at radius 2 is 1.73 bits per heavy atom. The lowest BCUT2D eigenvalue weighted by Crippen LogP contribution is -2.41. The van der Waals surface area contributed by atoms with Crippen LogP contribution in [0.15, 0.2) is 60.7 Å². The van der Waals surface area contributed by atoms with Crippen LogP contribution in [0, 0.1) is 16.0 Å². The number of nitro groups is 1. The predicted molar refractivity (Wildman–Crippen MR) is 95.7 cm³/mol. The van der Waals surface area contributed by atoms with Gasteiger partial charge in [0.15, 0.2) is 0 Å². The van der Waals surface area contributed by atoms with Gasteiger partial charge in [0.05, 0.1) is 4.92 Å². The molecule has 132 valence electrons. The first-order valence-corrected chi connectivity index (χ1v) is 8.12. The number of benzene rings is 2. The number of amides is 2. The smallest absolute Gasteiger partial charge is 0.269 e. The number of hydrogen-bond acceptors (Lipinski definition) is 4. The van der Waals surface area contributed by atoms with E-state index in [2.05, 4.69) is 10.9 Å². The van der Waals surface area contributed by atoms with Gasteiger partial charge in [-0.15, -0.1) is 0 Å². The normalized spacial score (nSPS) is 18.3. The van der Waals surface area contributed by atoms with Crippen molar-refractivity contribution in [2.24, 2.45) is 5.92 Å². The number of nitrogens with one attached hydrogen (secondary N) is 2. The van der Waals surface area contributed by atoms with Crippen molar-refractivity contribution >= 4 is 23.6 Å². The van der Waals surface area contributed by atoms with Crippen LogP contribution in [-0.4, -0.2) is 16.7 Å². The van der Waals surface area contributed by atoms with Crippen LogP contribution >= 0.6 is 0 Å². The van der Waals surface area contributed by atoms with Gasteiger partial charge < -0.3 is 0 Å². The summed E-state index contributed by atoms with van der Waals surface area (Å²) in [6.07, 6.45) is 3.53. The van der Waals surface area contributed by atoms with Crippen molar-refractivity contribution in [1.82, 2.24) is 10.9 Å². The van der Waals surface area contributed by atoms with E-state index in [4.69, 9.17) is 0 Å². The number of nitro benzene ring substituents is 1. The molecule has 1 aliphatic carbocycles. The van der Waals surface area contributed by atoms with Gasteiger partial charge in [-0.25, -0.2) is 0 Å². The molecule has 0 saturated heterocycles. The topological polar surface area (TPSA) is 101 Å². The Morgan fingerprint density at radius 3 is 2.38 bits per heavy atom. The highest BCUT2D eigenvalue weighted by molar-refractivity contribution is 5.93. The highest BCUT2D eigenvalue weighted by atomic mass is 16.6. The molecule has 7 heteroatoms. The average Bonchev–Trinajstić information content (AvgIpc) is 3.46. The van der Waals surface area contributed by atoms with Gasteiger partial charge in [-0.1, -0.05) is 30.3 Å². The zero-order chi connectivity index (χ0) is 18.5. The van der Waals surface area contributed by atoms with E-state index in [0.29, 0.717) is 5.56 Å². The van der Waals surface area contributed by atoms with Gasteiger partial charge in [-0.05, 0) is 41.7 Å². The molecule has 1 aliphatic rings. The van der Waals surface area contributed by atoms with Crippen molar-refractivity contribution < 1.29 is 14.5 Å². The number of non-ortho nitro benzene ring substituents is 1. The van der Waals surface area contributed by atoms with Crippen LogP contribution in [0.2, 0.25) is 0 Å². The lowest BCUT2D eigenvalue weighted by atomic mass is 10.1. The number of hydrazine groups is 1.